The van der Waals surface area contributed by atoms with Crippen molar-refractivity contribution in [1.29, 1.82) is 0 Å². The lowest BCUT2D eigenvalue weighted by Gasteiger charge is -2.72. The molecule has 222 valence electrons. The molecule has 11 heteroatoms. The first-order valence-corrected chi connectivity index (χ1v) is 14.2. The van der Waals surface area contributed by atoms with Crippen LogP contribution in [0.5, 0.6) is 0 Å². The second kappa shape index (κ2) is 9.57. The Morgan fingerprint density at radius 3 is 2.55 bits per heavy atom. The summed E-state index contributed by atoms with van der Waals surface area (Å²) in [6.07, 6.45) is -0.404. The molecule has 2 atom stereocenters. The van der Waals surface area contributed by atoms with Crippen molar-refractivity contribution in [3.05, 3.63) is 59.8 Å². The summed E-state index contributed by atoms with van der Waals surface area (Å²) >= 11 is 0. The van der Waals surface area contributed by atoms with Crippen LogP contribution in [0.3, 0.4) is 0 Å². The number of nitrogens with zero attached hydrogens (tertiary/aromatic N) is 4. The molecule has 3 aliphatic carbocycles. The molecule has 8 nitrogen and oxygen atoms in total. The average Bonchev–Trinajstić information content (AvgIpc) is 3.21. The van der Waals surface area contributed by atoms with E-state index in [0.29, 0.717) is 18.8 Å². The van der Waals surface area contributed by atoms with Crippen molar-refractivity contribution in [3.8, 4) is 0 Å². The van der Waals surface area contributed by atoms with Crippen LogP contribution in [-0.2, 0) is 20.6 Å². The van der Waals surface area contributed by atoms with Crippen LogP contribution in [-0.4, -0.2) is 55.4 Å². The summed E-state index contributed by atoms with van der Waals surface area (Å²) in [5, 5.41) is 2.93. The van der Waals surface area contributed by atoms with Crippen molar-refractivity contribution in [3.63, 3.8) is 0 Å². The topological polar surface area (TPSA) is 85.9 Å². The molecule has 1 N–H and O–H groups in total. The molecule has 7 rings (SSSR count). The van der Waals surface area contributed by atoms with E-state index in [1.165, 1.54) is 22.8 Å². The number of hydrogen-bond acceptors (Lipinski definition) is 5. The van der Waals surface area contributed by atoms with Crippen molar-refractivity contribution < 1.29 is 27.6 Å². The number of hydrogen-bond donors (Lipinski definition) is 1. The maximum absolute atomic E-state index is 14.0. The SMILES string of the molecule is C=CC(=O)NCC12CC(CN3C[C@H]4CC(=O)N(c5cc(C(F)(F)F)cc(C)n5)[C@@H]4C(=O)N(C)c4cccc(C)c43)(C1)C2. The second-order valence-corrected chi connectivity index (χ2v) is 12.7. The number of carbonyl (C=O) groups is 3. The van der Waals surface area contributed by atoms with Gasteiger partial charge in [0.25, 0.3) is 0 Å². The van der Waals surface area contributed by atoms with Crippen molar-refractivity contribution in [2.75, 3.05) is 41.4 Å². The molecule has 2 bridgehead atoms. The minimum Gasteiger partial charge on any atom is -0.369 e. The summed E-state index contributed by atoms with van der Waals surface area (Å²) in [6.45, 7) is 8.71. The summed E-state index contributed by atoms with van der Waals surface area (Å²) in [7, 11) is 1.66. The average molecular weight is 582 g/mol. The molecule has 2 aromatic rings. The maximum atomic E-state index is 14.0. The fourth-order valence-corrected chi connectivity index (χ4v) is 7.98. The minimum absolute atomic E-state index is 0.0312. The van der Waals surface area contributed by atoms with Gasteiger partial charge >= 0.3 is 6.18 Å². The Bertz CT molecular complexity index is 1490. The third kappa shape index (κ3) is 4.53. The molecule has 1 aromatic heterocycles. The molecular weight excluding hydrogens is 547 g/mol. The summed E-state index contributed by atoms with van der Waals surface area (Å²) in [5.41, 5.74) is 2.01. The standard InChI is InChI=1S/C31H34F3N5O3/c1-5-24(40)35-16-29-13-30(14-29,15-29)17-38-12-20-10-25(41)39(23-11-21(31(32,33)34)9-19(3)36-23)27(20)28(42)37(4)22-8-6-7-18(2)26(22)38/h5-9,11,20,27H,1,10,12-17H2,2-4H3,(H,35,40)/t20-,27+,29?,30?/m1/s1. The zero-order valence-electron chi connectivity index (χ0n) is 23.9. The normalized spacial score (nSPS) is 28.3. The predicted molar refractivity (Wildman–Crippen MR) is 152 cm³/mol. The first kappa shape index (κ1) is 28.2. The molecular formula is C31H34F3N5O3. The highest BCUT2D eigenvalue weighted by Crippen LogP contribution is 2.73. The van der Waals surface area contributed by atoms with E-state index in [2.05, 4.69) is 21.8 Å². The molecule has 5 aliphatic rings. The van der Waals surface area contributed by atoms with Gasteiger partial charge in [0.1, 0.15) is 11.9 Å². The Morgan fingerprint density at radius 1 is 1.17 bits per heavy atom. The molecule has 1 saturated heterocycles. The molecule has 2 aliphatic heterocycles. The van der Waals surface area contributed by atoms with E-state index in [1.807, 2.05) is 25.1 Å². The van der Waals surface area contributed by atoms with Crippen LogP contribution in [0.15, 0.2) is 43.0 Å². The molecule has 0 unspecified atom stereocenters. The first-order valence-electron chi connectivity index (χ1n) is 14.2. The number of aryl methyl sites for hydroxylation is 2. The highest BCUT2D eigenvalue weighted by atomic mass is 19.4. The van der Waals surface area contributed by atoms with Gasteiger partial charge in [-0.1, -0.05) is 18.7 Å². The van der Waals surface area contributed by atoms with Gasteiger partial charge in [-0.3, -0.25) is 19.3 Å². The number of aromatic nitrogens is 1. The van der Waals surface area contributed by atoms with Crippen LogP contribution in [0, 0.1) is 30.6 Å². The third-order valence-corrected chi connectivity index (χ3v) is 9.48. The molecule has 42 heavy (non-hydrogen) atoms. The monoisotopic (exact) mass is 581 g/mol. The number of pyridine rings is 1. The van der Waals surface area contributed by atoms with E-state index in [1.54, 1.807) is 7.05 Å². The van der Waals surface area contributed by atoms with Crippen LogP contribution in [0.1, 0.15) is 42.5 Å². The molecule has 0 spiro atoms. The largest absolute Gasteiger partial charge is 0.416 e. The number of para-hydroxylation sites is 1. The lowest BCUT2D eigenvalue weighted by atomic mass is 9.35. The number of nitrogens with one attached hydrogen (secondary N) is 1. The van der Waals surface area contributed by atoms with Crippen LogP contribution in [0.25, 0.3) is 0 Å². The van der Waals surface area contributed by atoms with Gasteiger partial charge in [-0.25, -0.2) is 4.98 Å². The van der Waals surface area contributed by atoms with Crippen LogP contribution < -0.4 is 20.0 Å². The van der Waals surface area contributed by atoms with Crippen LogP contribution >= 0.6 is 0 Å². The predicted octanol–water partition coefficient (Wildman–Crippen LogP) is 4.39. The number of carbonyl (C=O) groups excluding carboxylic acids is 3. The number of alkyl halides is 3. The lowest BCUT2D eigenvalue weighted by Crippen LogP contribution is -2.69. The van der Waals surface area contributed by atoms with Crippen LogP contribution in [0.2, 0.25) is 0 Å². The Balaban J connectivity index is 1.33. The molecule has 3 saturated carbocycles. The van der Waals surface area contributed by atoms with Gasteiger partial charge in [-0.2, -0.15) is 13.2 Å². The zero-order valence-corrected chi connectivity index (χ0v) is 23.9. The molecule has 3 heterocycles. The molecule has 0 radical (unpaired) electrons. The van der Waals surface area contributed by atoms with Crippen molar-refractivity contribution >= 4 is 34.9 Å². The minimum atomic E-state index is -4.62. The van der Waals surface area contributed by atoms with E-state index in [9.17, 15) is 27.6 Å². The van der Waals surface area contributed by atoms with Gasteiger partial charge in [0.2, 0.25) is 17.7 Å². The van der Waals surface area contributed by atoms with E-state index >= 15 is 0 Å². The summed E-state index contributed by atoms with van der Waals surface area (Å²) < 4.78 is 41.0. The Kier molecular flexibility index (Phi) is 6.43. The number of fused-ring (bicyclic) bond motifs is 2. The van der Waals surface area contributed by atoms with Gasteiger partial charge in [-0.15, -0.1) is 0 Å². The van der Waals surface area contributed by atoms with Gasteiger partial charge < -0.3 is 15.1 Å². The summed E-state index contributed by atoms with van der Waals surface area (Å²) in [4.78, 5) is 48.5. The van der Waals surface area contributed by atoms with Gasteiger partial charge in [0.15, 0.2) is 0 Å². The van der Waals surface area contributed by atoms with Gasteiger partial charge in [-0.05, 0) is 73.8 Å². The lowest BCUT2D eigenvalue weighted by molar-refractivity contribution is -0.193. The molecule has 3 amide bonds. The number of anilines is 3. The fourth-order valence-electron chi connectivity index (χ4n) is 7.98. The van der Waals surface area contributed by atoms with Crippen molar-refractivity contribution in [2.24, 2.45) is 16.7 Å². The highest BCUT2D eigenvalue weighted by molar-refractivity contribution is 6.10. The summed E-state index contributed by atoms with van der Waals surface area (Å²) in [5.74, 6) is -1.53. The maximum Gasteiger partial charge on any atom is 0.416 e. The Morgan fingerprint density at radius 2 is 1.88 bits per heavy atom. The van der Waals surface area contributed by atoms with E-state index < -0.39 is 29.6 Å². The molecule has 1 aromatic carbocycles. The molecule has 4 fully saturated rings. The smallest absolute Gasteiger partial charge is 0.369 e. The number of benzene rings is 1. The van der Waals surface area contributed by atoms with Crippen LogP contribution in [0.4, 0.5) is 30.4 Å². The second-order valence-electron chi connectivity index (χ2n) is 12.7. The van der Waals surface area contributed by atoms with E-state index in [0.717, 1.165) is 49.2 Å². The third-order valence-electron chi connectivity index (χ3n) is 9.48. The number of rotatable bonds is 6. The fraction of sp³-hybridized carbons (Fsp3) is 0.484. The summed E-state index contributed by atoms with van der Waals surface area (Å²) in [6, 6.07) is 6.56. The number of halogens is 3. The van der Waals surface area contributed by atoms with Crippen molar-refractivity contribution in [2.45, 2.75) is 51.7 Å². The first-order chi connectivity index (χ1) is 19.7. The van der Waals surface area contributed by atoms with Crippen molar-refractivity contribution in [1.82, 2.24) is 10.3 Å². The van der Waals surface area contributed by atoms with E-state index in [-0.39, 0.29) is 40.6 Å². The van der Waals surface area contributed by atoms with Gasteiger partial charge in [0.05, 0.1) is 16.9 Å². The number of amides is 3. The zero-order chi connectivity index (χ0) is 30.2. The van der Waals surface area contributed by atoms with E-state index in [4.69, 9.17) is 0 Å². The van der Waals surface area contributed by atoms with Gasteiger partial charge in [0, 0.05) is 44.7 Å². The highest BCUT2D eigenvalue weighted by Gasteiger charge is 2.67. The quantitative estimate of drug-likeness (QED) is 0.512. The Hall–Kier alpha value is -3.89. The Labute approximate surface area is 242 Å². The number of likely N-dealkylation sites (N-methyl/N-ethyl adjacent to an activating group) is 1.